The number of pyridine rings is 2. The first-order valence-corrected chi connectivity index (χ1v) is 7.38. The first-order valence-electron chi connectivity index (χ1n) is 7.38. The van der Waals surface area contributed by atoms with Gasteiger partial charge in [-0.15, -0.1) is 0 Å². The van der Waals surface area contributed by atoms with E-state index in [0.29, 0.717) is 0 Å². The van der Waals surface area contributed by atoms with Crippen molar-refractivity contribution in [1.82, 2.24) is 14.4 Å². The summed E-state index contributed by atoms with van der Waals surface area (Å²) in [7, 11) is 0. The minimum absolute atomic E-state index is 0.815. The van der Waals surface area contributed by atoms with Crippen LogP contribution < -0.4 is 0 Å². The molecule has 0 atom stereocenters. The fourth-order valence-electron chi connectivity index (χ4n) is 2.48. The molecule has 0 bridgehead atoms. The van der Waals surface area contributed by atoms with Crippen LogP contribution in [-0.4, -0.2) is 20.6 Å². The minimum Gasteiger partial charge on any atom is -0.284 e. The van der Waals surface area contributed by atoms with Gasteiger partial charge in [0.15, 0.2) is 5.82 Å². The number of imidazole rings is 1. The Hall–Kier alpha value is -3.27. The number of aromatic nitrogens is 3. The second-order valence-corrected chi connectivity index (χ2v) is 5.12. The summed E-state index contributed by atoms with van der Waals surface area (Å²) in [6, 6.07) is 19.9. The largest absolute Gasteiger partial charge is 0.284 e. The van der Waals surface area contributed by atoms with E-state index in [1.54, 1.807) is 12.4 Å². The lowest BCUT2D eigenvalue weighted by Gasteiger charge is -2.00. The quantitative estimate of drug-likeness (QED) is 0.533. The van der Waals surface area contributed by atoms with Crippen LogP contribution in [0.2, 0.25) is 0 Å². The van der Waals surface area contributed by atoms with Gasteiger partial charge >= 0.3 is 0 Å². The molecule has 23 heavy (non-hydrogen) atoms. The molecule has 4 nitrogen and oxygen atoms in total. The summed E-state index contributed by atoms with van der Waals surface area (Å²) in [5.74, 6) is 0.815. The van der Waals surface area contributed by atoms with E-state index >= 15 is 0 Å². The zero-order chi connectivity index (χ0) is 15.5. The van der Waals surface area contributed by atoms with Gasteiger partial charge in [0.05, 0.1) is 0 Å². The lowest BCUT2D eigenvalue weighted by molar-refractivity contribution is 1.17. The Balaban J connectivity index is 1.88. The molecule has 4 heteroatoms. The van der Waals surface area contributed by atoms with Crippen molar-refractivity contribution >= 4 is 17.7 Å². The number of nitrogens with zero attached hydrogens (tertiary/aromatic N) is 4. The molecule has 0 radical (unpaired) electrons. The lowest BCUT2D eigenvalue weighted by atomic mass is 10.2. The van der Waals surface area contributed by atoms with Crippen molar-refractivity contribution in [2.45, 2.75) is 0 Å². The first-order chi connectivity index (χ1) is 11.4. The lowest BCUT2D eigenvalue weighted by Crippen LogP contribution is -1.84. The molecule has 0 aliphatic rings. The summed E-state index contributed by atoms with van der Waals surface area (Å²) >= 11 is 0. The topological polar surface area (TPSA) is 42.5 Å². The molecule has 0 amide bonds. The van der Waals surface area contributed by atoms with Crippen molar-refractivity contribution in [3.05, 3.63) is 84.8 Å². The van der Waals surface area contributed by atoms with E-state index in [9.17, 15) is 0 Å². The molecule has 0 spiro atoms. The molecular weight excluding hydrogens is 284 g/mol. The van der Waals surface area contributed by atoms with Crippen molar-refractivity contribution < 1.29 is 0 Å². The van der Waals surface area contributed by atoms with Gasteiger partial charge in [0.25, 0.3) is 0 Å². The van der Waals surface area contributed by atoms with Crippen LogP contribution in [0.3, 0.4) is 0 Å². The monoisotopic (exact) mass is 298 g/mol. The molecule has 1 aromatic carbocycles. The average Bonchev–Trinajstić information content (AvgIpc) is 3.00. The zero-order valence-electron chi connectivity index (χ0n) is 12.4. The standard InChI is InChI=1S/C19H14N4/c1-2-6-15(7-3-1)14-21-19-18(16-9-11-20-12-10-16)22-17-8-4-5-13-23(17)19/h1-14H/b21-14+. The molecule has 0 fully saturated rings. The van der Waals surface area contributed by atoms with Gasteiger partial charge in [-0.3, -0.25) is 9.38 Å². The molecule has 0 aliphatic heterocycles. The van der Waals surface area contributed by atoms with E-state index in [2.05, 4.69) is 4.98 Å². The van der Waals surface area contributed by atoms with Gasteiger partial charge in [0.1, 0.15) is 11.3 Å². The summed E-state index contributed by atoms with van der Waals surface area (Å²) in [5, 5.41) is 0. The third-order valence-electron chi connectivity index (χ3n) is 3.59. The molecule has 0 saturated carbocycles. The fourth-order valence-corrected chi connectivity index (χ4v) is 2.48. The second-order valence-electron chi connectivity index (χ2n) is 5.12. The molecule has 0 aliphatic carbocycles. The maximum atomic E-state index is 4.72. The van der Waals surface area contributed by atoms with Crippen LogP contribution in [0, 0.1) is 0 Å². The summed E-state index contributed by atoms with van der Waals surface area (Å²) < 4.78 is 2.00. The van der Waals surface area contributed by atoms with Crippen molar-refractivity contribution in [3.8, 4) is 11.3 Å². The molecule has 0 saturated heterocycles. The van der Waals surface area contributed by atoms with Gasteiger partial charge in [-0.25, -0.2) is 9.98 Å². The van der Waals surface area contributed by atoms with E-state index in [4.69, 9.17) is 9.98 Å². The third-order valence-corrected chi connectivity index (χ3v) is 3.59. The van der Waals surface area contributed by atoms with Gasteiger partial charge in [-0.05, 0) is 29.8 Å². The van der Waals surface area contributed by atoms with E-state index < -0.39 is 0 Å². The predicted molar refractivity (Wildman–Crippen MR) is 92.1 cm³/mol. The molecule has 3 heterocycles. The van der Waals surface area contributed by atoms with Crippen molar-refractivity contribution in [2.24, 2.45) is 4.99 Å². The zero-order valence-corrected chi connectivity index (χ0v) is 12.4. The van der Waals surface area contributed by atoms with Crippen molar-refractivity contribution in [1.29, 1.82) is 0 Å². The van der Waals surface area contributed by atoms with Crippen LogP contribution >= 0.6 is 0 Å². The first kappa shape index (κ1) is 13.4. The van der Waals surface area contributed by atoms with Crippen molar-refractivity contribution in [3.63, 3.8) is 0 Å². The van der Waals surface area contributed by atoms with Crippen LogP contribution in [0.25, 0.3) is 16.9 Å². The minimum atomic E-state index is 0.815. The third kappa shape index (κ3) is 2.62. The molecule has 0 N–H and O–H groups in total. The van der Waals surface area contributed by atoms with E-state index in [1.165, 1.54) is 0 Å². The van der Waals surface area contributed by atoms with Gasteiger partial charge < -0.3 is 0 Å². The highest BCUT2D eigenvalue weighted by Crippen LogP contribution is 2.30. The number of benzene rings is 1. The highest BCUT2D eigenvalue weighted by Gasteiger charge is 2.12. The number of fused-ring (bicyclic) bond motifs is 1. The second kappa shape index (κ2) is 5.85. The van der Waals surface area contributed by atoms with E-state index in [-0.39, 0.29) is 0 Å². The molecule has 4 aromatic rings. The van der Waals surface area contributed by atoms with Gasteiger partial charge in [0.2, 0.25) is 0 Å². The Kier molecular flexibility index (Phi) is 3.41. The molecule has 3 aromatic heterocycles. The average molecular weight is 298 g/mol. The van der Waals surface area contributed by atoms with E-state index in [0.717, 1.165) is 28.3 Å². The SMILES string of the molecule is C(=N\c1c(-c2ccncc2)nc2ccccn12)/c1ccccc1. The van der Waals surface area contributed by atoms with Crippen LogP contribution in [-0.2, 0) is 0 Å². The van der Waals surface area contributed by atoms with Crippen LogP contribution in [0.1, 0.15) is 5.56 Å². The molecule has 110 valence electrons. The Labute approximate surface area is 133 Å². The molecule has 4 rings (SSSR count). The highest BCUT2D eigenvalue weighted by molar-refractivity contribution is 5.85. The number of hydrogen-bond donors (Lipinski definition) is 0. The number of rotatable bonds is 3. The smallest absolute Gasteiger partial charge is 0.165 e. The maximum absolute atomic E-state index is 4.72. The predicted octanol–water partition coefficient (Wildman–Crippen LogP) is 4.15. The summed E-state index contributed by atoms with van der Waals surface area (Å²) in [6.45, 7) is 0. The molecular formula is C19H14N4. The van der Waals surface area contributed by atoms with Crippen molar-refractivity contribution in [2.75, 3.05) is 0 Å². The van der Waals surface area contributed by atoms with Crippen LogP contribution in [0.15, 0.2) is 84.2 Å². The Morgan fingerprint density at radius 3 is 2.48 bits per heavy atom. The Bertz CT molecular complexity index is 957. The summed E-state index contributed by atoms with van der Waals surface area (Å²) in [5.41, 5.74) is 3.79. The summed E-state index contributed by atoms with van der Waals surface area (Å²) in [4.78, 5) is 13.5. The van der Waals surface area contributed by atoms with Gasteiger partial charge in [-0.1, -0.05) is 36.4 Å². The fraction of sp³-hybridized carbons (Fsp3) is 0. The van der Waals surface area contributed by atoms with Crippen LogP contribution in [0.5, 0.6) is 0 Å². The highest BCUT2D eigenvalue weighted by atomic mass is 15.1. The normalized spacial score (nSPS) is 11.3. The summed E-state index contributed by atoms with van der Waals surface area (Å²) in [6.07, 6.45) is 7.37. The van der Waals surface area contributed by atoms with Gasteiger partial charge in [0, 0.05) is 30.4 Å². The Morgan fingerprint density at radius 2 is 1.65 bits per heavy atom. The van der Waals surface area contributed by atoms with Crippen LogP contribution in [0.4, 0.5) is 5.82 Å². The van der Waals surface area contributed by atoms with E-state index in [1.807, 2.05) is 77.5 Å². The van der Waals surface area contributed by atoms with Gasteiger partial charge in [-0.2, -0.15) is 0 Å². The Morgan fingerprint density at radius 1 is 0.870 bits per heavy atom. The number of hydrogen-bond acceptors (Lipinski definition) is 3. The molecule has 0 unspecified atom stereocenters. The number of aliphatic imine (C=N–C) groups is 1. The maximum Gasteiger partial charge on any atom is 0.165 e.